The third kappa shape index (κ3) is 3.33. The molecule has 0 fully saturated rings. The molecule has 0 aliphatic heterocycles. The maximum absolute atomic E-state index is 12.9. The summed E-state index contributed by atoms with van der Waals surface area (Å²) in [5.41, 5.74) is 3.85. The van der Waals surface area contributed by atoms with Gasteiger partial charge in [-0.3, -0.25) is 4.79 Å². The lowest BCUT2D eigenvalue weighted by atomic mass is 10.1. The molecule has 1 aliphatic rings. The minimum atomic E-state index is -0.130. The number of ether oxygens (including phenoxy) is 2. The fourth-order valence-electron chi connectivity index (χ4n) is 3.72. The maximum Gasteiger partial charge on any atom is 0.230 e. The Hall–Kier alpha value is -3.28. The zero-order valence-electron chi connectivity index (χ0n) is 16.1. The molecule has 1 heterocycles. The third-order valence-electron chi connectivity index (χ3n) is 5.03. The Balaban J connectivity index is 1.65. The van der Waals surface area contributed by atoms with Crippen LogP contribution in [0.2, 0.25) is 0 Å². The van der Waals surface area contributed by atoms with E-state index in [-0.39, 0.29) is 12.3 Å². The van der Waals surface area contributed by atoms with Crippen LogP contribution in [0.5, 0.6) is 11.5 Å². The largest absolute Gasteiger partial charge is 0.496 e. The van der Waals surface area contributed by atoms with Crippen molar-refractivity contribution < 1.29 is 14.3 Å². The second-order valence-electron chi connectivity index (χ2n) is 6.74. The average Bonchev–Trinajstić information content (AvgIpc) is 3.31. The summed E-state index contributed by atoms with van der Waals surface area (Å²) in [5, 5.41) is 7.83. The molecular weight excluding hydrogens is 354 g/mol. The molecule has 0 radical (unpaired) electrons. The van der Waals surface area contributed by atoms with Gasteiger partial charge in [-0.1, -0.05) is 24.3 Å². The molecular formula is C22H23N3O3. The maximum atomic E-state index is 12.9. The molecule has 0 spiro atoms. The number of nitrogens with zero attached hydrogens (tertiary/aromatic N) is 2. The van der Waals surface area contributed by atoms with E-state index in [2.05, 4.69) is 5.32 Å². The van der Waals surface area contributed by atoms with E-state index in [9.17, 15) is 4.79 Å². The van der Waals surface area contributed by atoms with Crippen molar-refractivity contribution in [2.75, 3.05) is 19.5 Å². The standard InChI is InChI=1S/C22H23N3O3/c1-27-19-12-7-13-20(28-2)17(19)14-21(26)23-22-16-10-6-11-18(16)24-25(22)15-8-4-3-5-9-15/h3-5,7-9,12-13H,6,10-11,14H2,1-2H3,(H,23,26). The van der Waals surface area contributed by atoms with Crippen LogP contribution in [0.4, 0.5) is 5.82 Å². The van der Waals surface area contributed by atoms with Crippen molar-refractivity contribution in [2.24, 2.45) is 0 Å². The highest BCUT2D eigenvalue weighted by Gasteiger charge is 2.25. The van der Waals surface area contributed by atoms with Crippen LogP contribution in [0.25, 0.3) is 5.69 Å². The number of para-hydroxylation sites is 1. The lowest BCUT2D eigenvalue weighted by Gasteiger charge is -2.14. The summed E-state index contributed by atoms with van der Waals surface area (Å²) in [4.78, 5) is 12.9. The zero-order valence-corrected chi connectivity index (χ0v) is 16.1. The van der Waals surface area contributed by atoms with Gasteiger partial charge in [0.05, 0.1) is 32.0 Å². The number of methoxy groups -OCH3 is 2. The summed E-state index contributed by atoms with van der Waals surface area (Å²) < 4.78 is 12.7. The summed E-state index contributed by atoms with van der Waals surface area (Å²) in [5.74, 6) is 1.90. The van der Waals surface area contributed by atoms with Gasteiger partial charge in [0.2, 0.25) is 5.91 Å². The number of amides is 1. The number of nitrogens with one attached hydrogen (secondary N) is 1. The van der Waals surface area contributed by atoms with Crippen LogP contribution in [0.1, 0.15) is 23.2 Å². The van der Waals surface area contributed by atoms with Crippen molar-refractivity contribution >= 4 is 11.7 Å². The Kier molecular flexibility index (Phi) is 5.02. The summed E-state index contributed by atoms with van der Waals surface area (Å²) in [7, 11) is 3.18. The number of aryl methyl sites for hydroxylation is 1. The quantitative estimate of drug-likeness (QED) is 0.713. The molecule has 1 aliphatic carbocycles. The molecule has 144 valence electrons. The first-order valence-electron chi connectivity index (χ1n) is 9.37. The molecule has 1 aromatic heterocycles. The van der Waals surface area contributed by atoms with Crippen LogP contribution >= 0.6 is 0 Å². The van der Waals surface area contributed by atoms with Crippen molar-refractivity contribution in [3.63, 3.8) is 0 Å². The number of hydrogen-bond acceptors (Lipinski definition) is 4. The lowest BCUT2D eigenvalue weighted by Crippen LogP contribution is -2.19. The number of benzene rings is 2. The fraction of sp³-hybridized carbons (Fsp3) is 0.273. The molecule has 1 N–H and O–H groups in total. The van der Waals surface area contributed by atoms with E-state index in [0.29, 0.717) is 11.5 Å². The molecule has 2 aromatic carbocycles. The molecule has 1 amide bonds. The van der Waals surface area contributed by atoms with Gasteiger partial charge in [-0.15, -0.1) is 0 Å². The van der Waals surface area contributed by atoms with Gasteiger partial charge < -0.3 is 14.8 Å². The van der Waals surface area contributed by atoms with E-state index in [1.54, 1.807) is 14.2 Å². The summed E-state index contributed by atoms with van der Waals surface area (Å²) in [6.45, 7) is 0. The molecule has 6 heteroatoms. The smallest absolute Gasteiger partial charge is 0.230 e. The molecule has 0 unspecified atom stereocenters. The van der Waals surface area contributed by atoms with E-state index in [0.717, 1.165) is 47.6 Å². The molecule has 28 heavy (non-hydrogen) atoms. The second-order valence-corrected chi connectivity index (χ2v) is 6.74. The summed E-state index contributed by atoms with van der Waals surface area (Å²) in [6, 6.07) is 15.4. The van der Waals surface area contributed by atoms with Crippen LogP contribution in [-0.2, 0) is 24.1 Å². The number of carbonyl (C=O) groups excluding carboxylic acids is 1. The molecule has 3 aromatic rings. The normalized spacial score (nSPS) is 12.5. The predicted molar refractivity (Wildman–Crippen MR) is 107 cm³/mol. The van der Waals surface area contributed by atoms with E-state index in [1.807, 2.05) is 53.2 Å². The minimum Gasteiger partial charge on any atom is -0.496 e. The van der Waals surface area contributed by atoms with Gasteiger partial charge in [0.15, 0.2) is 0 Å². The van der Waals surface area contributed by atoms with Crippen molar-refractivity contribution in [3.8, 4) is 17.2 Å². The van der Waals surface area contributed by atoms with E-state index in [4.69, 9.17) is 14.6 Å². The number of carbonyl (C=O) groups is 1. The second kappa shape index (κ2) is 7.76. The van der Waals surface area contributed by atoms with Crippen molar-refractivity contribution in [1.29, 1.82) is 0 Å². The topological polar surface area (TPSA) is 65.4 Å². The average molecular weight is 377 g/mol. The zero-order chi connectivity index (χ0) is 19.5. The summed E-state index contributed by atoms with van der Waals surface area (Å²) in [6.07, 6.45) is 3.09. The SMILES string of the molecule is COc1cccc(OC)c1CC(=O)Nc1c2c(nn1-c1ccccc1)CCC2. The van der Waals surface area contributed by atoms with Gasteiger partial charge >= 0.3 is 0 Å². The summed E-state index contributed by atoms with van der Waals surface area (Å²) >= 11 is 0. The number of anilines is 1. The van der Waals surface area contributed by atoms with Crippen LogP contribution in [0.3, 0.4) is 0 Å². The van der Waals surface area contributed by atoms with Gasteiger partial charge in [-0.25, -0.2) is 4.68 Å². The van der Waals surface area contributed by atoms with E-state index >= 15 is 0 Å². The number of aromatic nitrogens is 2. The van der Waals surface area contributed by atoms with Crippen molar-refractivity contribution in [3.05, 3.63) is 65.4 Å². The highest BCUT2D eigenvalue weighted by Crippen LogP contribution is 2.32. The Bertz CT molecular complexity index is 974. The molecule has 0 bridgehead atoms. The molecule has 0 saturated carbocycles. The monoisotopic (exact) mass is 377 g/mol. The molecule has 0 saturated heterocycles. The predicted octanol–water partition coefficient (Wildman–Crippen LogP) is 3.56. The Labute approximate surface area is 164 Å². The van der Waals surface area contributed by atoms with Crippen LogP contribution < -0.4 is 14.8 Å². The van der Waals surface area contributed by atoms with Crippen molar-refractivity contribution in [2.45, 2.75) is 25.7 Å². The highest BCUT2D eigenvalue weighted by molar-refractivity contribution is 5.93. The Morgan fingerprint density at radius 2 is 1.75 bits per heavy atom. The van der Waals surface area contributed by atoms with Gasteiger partial charge in [0.1, 0.15) is 17.3 Å². The number of fused-ring (bicyclic) bond motifs is 1. The first-order chi connectivity index (χ1) is 13.7. The highest BCUT2D eigenvalue weighted by atomic mass is 16.5. The fourth-order valence-corrected chi connectivity index (χ4v) is 3.72. The Morgan fingerprint density at radius 1 is 1.04 bits per heavy atom. The first-order valence-corrected chi connectivity index (χ1v) is 9.37. The van der Waals surface area contributed by atoms with Crippen LogP contribution in [0, 0.1) is 0 Å². The van der Waals surface area contributed by atoms with Crippen molar-refractivity contribution in [1.82, 2.24) is 9.78 Å². The molecule has 6 nitrogen and oxygen atoms in total. The first kappa shape index (κ1) is 18.1. The minimum absolute atomic E-state index is 0.130. The van der Waals surface area contributed by atoms with Gasteiger partial charge in [-0.2, -0.15) is 5.10 Å². The number of hydrogen-bond donors (Lipinski definition) is 1. The molecule has 4 rings (SSSR count). The third-order valence-corrected chi connectivity index (χ3v) is 5.03. The van der Waals surface area contributed by atoms with E-state index in [1.165, 1.54) is 0 Å². The van der Waals surface area contributed by atoms with Gasteiger partial charge in [0, 0.05) is 11.1 Å². The van der Waals surface area contributed by atoms with Crippen LogP contribution in [0.15, 0.2) is 48.5 Å². The van der Waals surface area contributed by atoms with Gasteiger partial charge in [0.25, 0.3) is 0 Å². The van der Waals surface area contributed by atoms with Crippen LogP contribution in [-0.4, -0.2) is 29.9 Å². The number of rotatable bonds is 6. The lowest BCUT2D eigenvalue weighted by molar-refractivity contribution is -0.115. The van der Waals surface area contributed by atoms with Gasteiger partial charge in [-0.05, 0) is 43.5 Å². The molecule has 0 atom stereocenters. The Morgan fingerprint density at radius 3 is 2.43 bits per heavy atom. The van der Waals surface area contributed by atoms with E-state index < -0.39 is 0 Å².